The maximum absolute atomic E-state index is 13.7. The summed E-state index contributed by atoms with van der Waals surface area (Å²) in [6.45, 7) is 5.94. The standard InChI is InChI=1S/C21H24F3N3O/c1-11-4-5-14(9-15(6-11)20(26-27-20)21(22,23)24)16-10-19(28)25-18-8-13(3)12(2)7-17(16)18/h5,7-9,11,16,26-27H,4,6,10H2,1-3H3,(H,25,28)/t11-,16?/m1/s1. The van der Waals surface area contributed by atoms with Crippen LogP contribution in [0.15, 0.2) is 35.4 Å². The smallest absolute Gasteiger partial charge is 0.326 e. The molecule has 0 spiro atoms. The quantitative estimate of drug-likeness (QED) is 0.655. The van der Waals surface area contributed by atoms with E-state index in [1.165, 1.54) is 0 Å². The van der Waals surface area contributed by atoms with Gasteiger partial charge in [0.15, 0.2) is 0 Å². The molecule has 1 saturated heterocycles. The van der Waals surface area contributed by atoms with Gasteiger partial charge in [-0.05, 0) is 66.5 Å². The minimum atomic E-state index is -4.43. The molecule has 2 heterocycles. The summed E-state index contributed by atoms with van der Waals surface area (Å²) in [4.78, 5) is 12.3. The molecule has 1 fully saturated rings. The Labute approximate surface area is 162 Å². The molecule has 3 aliphatic rings. The largest absolute Gasteiger partial charge is 0.426 e. The van der Waals surface area contributed by atoms with Gasteiger partial charge in [0.25, 0.3) is 0 Å². The molecule has 0 bridgehead atoms. The number of aryl methyl sites for hydroxylation is 2. The van der Waals surface area contributed by atoms with Crippen molar-refractivity contribution in [1.82, 2.24) is 10.9 Å². The van der Waals surface area contributed by atoms with Crippen LogP contribution in [0.5, 0.6) is 0 Å². The minimum absolute atomic E-state index is 0.0869. The van der Waals surface area contributed by atoms with Crippen molar-refractivity contribution >= 4 is 11.6 Å². The third-order valence-electron chi connectivity index (χ3n) is 6.05. The van der Waals surface area contributed by atoms with Crippen LogP contribution >= 0.6 is 0 Å². The van der Waals surface area contributed by atoms with Crippen molar-refractivity contribution in [3.05, 3.63) is 52.1 Å². The van der Waals surface area contributed by atoms with Gasteiger partial charge in [0.1, 0.15) is 0 Å². The lowest BCUT2D eigenvalue weighted by Crippen LogP contribution is -2.40. The summed E-state index contributed by atoms with van der Waals surface area (Å²) in [6, 6.07) is 3.99. The molecule has 28 heavy (non-hydrogen) atoms. The number of carbonyl (C=O) groups excluding carboxylic acids is 1. The van der Waals surface area contributed by atoms with Gasteiger partial charge in [-0.3, -0.25) is 4.79 Å². The Balaban J connectivity index is 1.79. The summed E-state index contributed by atoms with van der Waals surface area (Å²) in [5, 5.41) is 2.91. The number of hydrogen-bond acceptors (Lipinski definition) is 3. The van der Waals surface area contributed by atoms with Crippen LogP contribution < -0.4 is 16.2 Å². The van der Waals surface area contributed by atoms with E-state index < -0.39 is 11.8 Å². The molecule has 0 aromatic heterocycles. The lowest BCUT2D eigenvalue weighted by Gasteiger charge is -2.28. The van der Waals surface area contributed by atoms with Crippen molar-refractivity contribution in [2.75, 3.05) is 5.32 Å². The van der Waals surface area contributed by atoms with Crippen LogP contribution in [-0.2, 0) is 4.79 Å². The Morgan fingerprint density at radius 3 is 2.43 bits per heavy atom. The van der Waals surface area contributed by atoms with Crippen LogP contribution in [-0.4, -0.2) is 17.7 Å². The van der Waals surface area contributed by atoms with Crippen LogP contribution in [0.25, 0.3) is 0 Å². The van der Waals surface area contributed by atoms with E-state index in [1.54, 1.807) is 6.08 Å². The highest BCUT2D eigenvalue weighted by molar-refractivity contribution is 5.95. The molecule has 2 atom stereocenters. The van der Waals surface area contributed by atoms with E-state index in [-0.39, 0.29) is 29.7 Å². The molecule has 1 aromatic carbocycles. The second kappa shape index (κ2) is 6.46. The molecule has 2 aliphatic heterocycles. The number of benzene rings is 1. The summed E-state index contributed by atoms with van der Waals surface area (Å²) < 4.78 is 41.0. The first-order valence-corrected chi connectivity index (χ1v) is 9.54. The number of carbonyl (C=O) groups is 1. The van der Waals surface area contributed by atoms with Gasteiger partial charge in [0.2, 0.25) is 11.6 Å². The first-order valence-electron chi connectivity index (χ1n) is 9.54. The van der Waals surface area contributed by atoms with Gasteiger partial charge in [-0.1, -0.05) is 25.1 Å². The van der Waals surface area contributed by atoms with E-state index in [9.17, 15) is 18.0 Å². The van der Waals surface area contributed by atoms with Crippen molar-refractivity contribution in [2.24, 2.45) is 5.92 Å². The topological polar surface area (TPSA) is 73.0 Å². The number of anilines is 1. The number of amides is 1. The highest BCUT2D eigenvalue weighted by atomic mass is 19.4. The Bertz CT molecular complexity index is 897. The van der Waals surface area contributed by atoms with E-state index >= 15 is 0 Å². The number of hydrazine groups is 1. The molecular weight excluding hydrogens is 367 g/mol. The van der Waals surface area contributed by atoms with Crippen LogP contribution in [0.3, 0.4) is 0 Å². The average molecular weight is 391 g/mol. The number of allylic oxidation sites excluding steroid dienone is 3. The first kappa shape index (κ1) is 19.2. The molecule has 0 radical (unpaired) electrons. The molecule has 1 amide bonds. The predicted molar refractivity (Wildman–Crippen MR) is 102 cm³/mol. The molecule has 1 aliphatic carbocycles. The summed E-state index contributed by atoms with van der Waals surface area (Å²) in [5.41, 5.74) is 7.47. The van der Waals surface area contributed by atoms with Crippen LogP contribution in [0, 0.1) is 19.8 Å². The Kier molecular flexibility index (Phi) is 4.43. The third kappa shape index (κ3) is 3.16. The molecular formula is C21H24F3N3O. The summed E-state index contributed by atoms with van der Waals surface area (Å²) in [7, 11) is 0. The maximum Gasteiger partial charge on any atom is 0.426 e. The number of alkyl halides is 3. The summed E-state index contributed by atoms with van der Waals surface area (Å²) in [6.07, 6.45) is 0.501. The van der Waals surface area contributed by atoms with Crippen molar-refractivity contribution in [3.63, 3.8) is 0 Å². The van der Waals surface area contributed by atoms with Crippen LogP contribution in [0.2, 0.25) is 0 Å². The second-order valence-corrected chi connectivity index (χ2v) is 8.25. The van der Waals surface area contributed by atoms with Crippen LogP contribution in [0.4, 0.5) is 18.9 Å². The molecule has 3 N–H and O–H groups in total. The number of hydrogen-bond donors (Lipinski definition) is 3. The average Bonchev–Trinajstić information content (AvgIpc) is 3.40. The zero-order valence-electron chi connectivity index (χ0n) is 16.1. The monoisotopic (exact) mass is 391 g/mol. The zero-order chi connectivity index (χ0) is 20.3. The molecule has 150 valence electrons. The summed E-state index contributed by atoms with van der Waals surface area (Å²) in [5.74, 6) is -0.265. The number of fused-ring (bicyclic) bond motifs is 1. The number of rotatable bonds is 2. The van der Waals surface area contributed by atoms with Crippen LogP contribution in [0.1, 0.15) is 48.8 Å². The van der Waals surface area contributed by atoms with E-state index in [0.29, 0.717) is 12.8 Å². The van der Waals surface area contributed by atoms with Gasteiger partial charge < -0.3 is 5.32 Å². The number of nitrogens with one attached hydrogen (secondary N) is 3. The molecule has 7 heteroatoms. The van der Waals surface area contributed by atoms with Gasteiger partial charge in [0.05, 0.1) is 0 Å². The fraction of sp³-hybridized carbons (Fsp3) is 0.476. The van der Waals surface area contributed by atoms with Gasteiger partial charge in [-0.2, -0.15) is 13.2 Å². The van der Waals surface area contributed by atoms with E-state index in [2.05, 4.69) is 16.2 Å². The highest BCUT2D eigenvalue weighted by Crippen LogP contribution is 2.46. The Morgan fingerprint density at radius 2 is 1.79 bits per heavy atom. The lowest BCUT2D eigenvalue weighted by molar-refractivity contribution is -0.154. The third-order valence-corrected chi connectivity index (χ3v) is 6.05. The molecule has 0 saturated carbocycles. The van der Waals surface area contributed by atoms with Crippen molar-refractivity contribution in [2.45, 2.75) is 57.8 Å². The molecule has 4 rings (SSSR count). The van der Waals surface area contributed by atoms with E-state index in [0.717, 1.165) is 28.0 Å². The second-order valence-electron chi connectivity index (χ2n) is 8.25. The van der Waals surface area contributed by atoms with Crippen molar-refractivity contribution in [3.8, 4) is 0 Å². The molecule has 1 unspecified atom stereocenters. The number of halogens is 3. The molecule has 4 nitrogen and oxygen atoms in total. The van der Waals surface area contributed by atoms with Gasteiger partial charge in [0, 0.05) is 18.0 Å². The fourth-order valence-electron chi connectivity index (χ4n) is 4.20. The predicted octanol–water partition coefficient (Wildman–Crippen LogP) is 4.38. The SMILES string of the molecule is Cc1cc2c(cc1C)C(C1=CC[C@@H](C)CC(C3(C(F)(F)F)NN3)=C1)CC(=O)N2. The summed E-state index contributed by atoms with van der Waals surface area (Å²) >= 11 is 0. The first-order chi connectivity index (χ1) is 13.1. The minimum Gasteiger partial charge on any atom is -0.326 e. The van der Waals surface area contributed by atoms with E-state index in [1.807, 2.05) is 39.0 Å². The maximum atomic E-state index is 13.7. The van der Waals surface area contributed by atoms with Crippen molar-refractivity contribution in [1.29, 1.82) is 0 Å². The Hall–Kier alpha value is -2.12. The van der Waals surface area contributed by atoms with E-state index in [4.69, 9.17) is 0 Å². The highest BCUT2D eigenvalue weighted by Gasteiger charge is 2.66. The fourth-order valence-corrected chi connectivity index (χ4v) is 4.20. The van der Waals surface area contributed by atoms with Gasteiger partial charge in [-0.25, -0.2) is 10.9 Å². The van der Waals surface area contributed by atoms with Crippen molar-refractivity contribution < 1.29 is 18.0 Å². The normalized spacial score (nSPS) is 26.6. The van der Waals surface area contributed by atoms with Gasteiger partial charge >= 0.3 is 6.18 Å². The zero-order valence-corrected chi connectivity index (χ0v) is 16.1. The van der Waals surface area contributed by atoms with Gasteiger partial charge in [-0.15, -0.1) is 0 Å². The molecule has 1 aromatic rings. The lowest BCUT2D eigenvalue weighted by atomic mass is 9.81. The Morgan fingerprint density at radius 1 is 1.11 bits per heavy atom.